The third-order valence-electron chi connectivity index (χ3n) is 4.83. The Morgan fingerprint density at radius 2 is 1.92 bits per heavy atom. The van der Waals surface area contributed by atoms with E-state index in [1.807, 2.05) is 0 Å². The molecule has 136 valence electrons. The summed E-state index contributed by atoms with van der Waals surface area (Å²) >= 11 is 2.87. The molecule has 1 unspecified atom stereocenters. The molecule has 1 saturated carbocycles. The van der Waals surface area contributed by atoms with E-state index in [2.05, 4.69) is 21.2 Å². The normalized spacial score (nSPS) is 21.8. The fourth-order valence-corrected chi connectivity index (χ4v) is 4.01. The van der Waals surface area contributed by atoms with Crippen molar-refractivity contribution in [1.29, 1.82) is 0 Å². The maximum absolute atomic E-state index is 12.9. The number of carbonyl (C=O) groups is 2. The Morgan fingerprint density at radius 3 is 2.56 bits per heavy atom. The second-order valence-corrected chi connectivity index (χ2v) is 7.42. The van der Waals surface area contributed by atoms with Gasteiger partial charge < -0.3 is 10.2 Å². The lowest BCUT2D eigenvalue weighted by Crippen LogP contribution is -2.35. The highest BCUT2D eigenvalue weighted by atomic mass is 79.9. The van der Waals surface area contributed by atoms with Crippen molar-refractivity contribution in [1.82, 2.24) is 4.90 Å². The molecule has 8 heteroatoms. The highest BCUT2D eigenvalue weighted by Crippen LogP contribution is 2.36. The zero-order valence-corrected chi connectivity index (χ0v) is 15.0. The Labute approximate surface area is 151 Å². The summed E-state index contributed by atoms with van der Waals surface area (Å²) in [4.78, 5) is 26.3. The molecule has 1 aromatic carbocycles. The number of anilines is 1. The molecule has 2 amide bonds. The number of rotatable bonds is 3. The average molecular weight is 419 g/mol. The number of alkyl halides is 3. The van der Waals surface area contributed by atoms with Crippen LogP contribution in [0.25, 0.3) is 0 Å². The number of amides is 2. The summed E-state index contributed by atoms with van der Waals surface area (Å²) in [5.74, 6) is -0.978. The number of carbonyl (C=O) groups excluding carboxylic acids is 2. The molecule has 1 aliphatic carbocycles. The first-order valence-corrected chi connectivity index (χ1v) is 9.02. The fraction of sp³-hybridized carbons (Fsp3) is 0.529. The second-order valence-electron chi connectivity index (χ2n) is 6.57. The Bertz CT molecular complexity index is 687. The minimum atomic E-state index is -4.51. The van der Waals surface area contributed by atoms with Crippen molar-refractivity contribution in [2.75, 3.05) is 11.9 Å². The molecular weight excluding hydrogens is 401 g/mol. The van der Waals surface area contributed by atoms with Crippen LogP contribution in [-0.4, -0.2) is 29.3 Å². The van der Waals surface area contributed by atoms with E-state index in [9.17, 15) is 22.8 Å². The van der Waals surface area contributed by atoms with Gasteiger partial charge in [-0.2, -0.15) is 13.2 Å². The molecular formula is C17H18BrF3N2O2. The lowest BCUT2D eigenvalue weighted by atomic mass is 10.1. The topological polar surface area (TPSA) is 49.4 Å². The molecule has 4 nitrogen and oxygen atoms in total. The predicted octanol–water partition coefficient (Wildman–Crippen LogP) is 4.20. The van der Waals surface area contributed by atoms with Crippen molar-refractivity contribution in [3.63, 3.8) is 0 Å². The molecule has 0 spiro atoms. The molecule has 3 rings (SSSR count). The average Bonchev–Trinajstić information content (AvgIpc) is 3.17. The van der Waals surface area contributed by atoms with Gasteiger partial charge in [0, 0.05) is 29.2 Å². The molecule has 1 aliphatic heterocycles. The van der Waals surface area contributed by atoms with Crippen LogP contribution in [-0.2, 0) is 15.8 Å². The van der Waals surface area contributed by atoms with Crippen LogP contribution < -0.4 is 5.32 Å². The molecule has 1 N–H and O–H groups in total. The summed E-state index contributed by atoms with van der Waals surface area (Å²) in [5, 5.41) is 2.52. The summed E-state index contributed by atoms with van der Waals surface area (Å²) < 4.78 is 38.8. The van der Waals surface area contributed by atoms with Gasteiger partial charge in [0.05, 0.1) is 11.5 Å². The molecule has 0 aromatic heterocycles. The largest absolute Gasteiger partial charge is 0.417 e. The van der Waals surface area contributed by atoms with E-state index in [-0.39, 0.29) is 28.5 Å². The first kappa shape index (κ1) is 18.2. The SMILES string of the molecule is O=C(Nc1ccc(Br)c(C(F)(F)F)c1)C1CC(=O)N(C2CCCC2)C1. The molecule has 1 saturated heterocycles. The first-order chi connectivity index (χ1) is 11.8. The highest BCUT2D eigenvalue weighted by molar-refractivity contribution is 9.10. The number of nitrogens with zero attached hydrogens (tertiary/aromatic N) is 1. The van der Waals surface area contributed by atoms with E-state index in [0.29, 0.717) is 6.54 Å². The van der Waals surface area contributed by atoms with Crippen LogP contribution in [0.4, 0.5) is 18.9 Å². The van der Waals surface area contributed by atoms with E-state index in [1.54, 1.807) is 4.90 Å². The van der Waals surface area contributed by atoms with Gasteiger partial charge in [-0.3, -0.25) is 9.59 Å². The van der Waals surface area contributed by atoms with E-state index in [1.165, 1.54) is 12.1 Å². The van der Waals surface area contributed by atoms with Gasteiger partial charge in [0.25, 0.3) is 0 Å². The minimum absolute atomic E-state index is 0.0427. The van der Waals surface area contributed by atoms with Gasteiger partial charge in [-0.25, -0.2) is 0 Å². The number of benzene rings is 1. The van der Waals surface area contributed by atoms with Gasteiger partial charge >= 0.3 is 6.18 Å². The summed E-state index contributed by atoms with van der Waals surface area (Å²) in [6.07, 6.45) is -0.300. The van der Waals surface area contributed by atoms with E-state index < -0.39 is 23.6 Å². The van der Waals surface area contributed by atoms with Gasteiger partial charge in [-0.05, 0) is 31.0 Å². The monoisotopic (exact) mass is 418 g/mol. The third-order valence-corrected chi connectivity index (χ3v) is 5.53. The highest BCUT2D eigenvalue weighted by Gasteiger charge is 2.39. The fourth-order valence-electron chi connectivity index (χ4n) is 3.54. The van der Waals surface area contributed by atoms with E-state index in [4.69, 9.17) is 0 Å². The Kier molecular flexibility index (Phi) is 5.09. The lowest BCUT2D eigenvalue weighted by Gasteiger charge is -2.23. The van der Waals surface area contributed by atoms with Crippen LogP contribution in [0.15, 0.2) is 22.7 Å². The number of nitrogens with one attached hydrogen (secondary N) is 1. The van der Waals surface area contributed by atoms with Gasteiger partial charge in [0.2, 0.25) is 11.8 Å². The maximum Gasteiger partial charge on any atom is 0.417 e. The minimum Gasteiger partial charge on any atom is -0.339 e. The molecule has 25 heavy (non-hydrogen) atoms. The smallest absolute Gasteiger partial charge is 0.339 e. The van der Waals surface area contributed by atoms with Crippen molar-refractivity contribution < 1.29 is 22.8 Å². The predicted molar refractivity (Wildman–Crippen MR) is 89.8 cm³/mol. The molecule has 2 fully saturated rings. The lowest BCUT2D eigenvalue weighted by molar-refractivity contribution is -0.138. The van der Waals surface area contributed by atoms with Crippen LogP contribution in [0.5, 0.6) is 0 Å². The van der Waals surface area contributed by atoms with Crippen molar-refractivity contribution in [3.05, 3.63) is 28.2 Å². The van der Waals surface area contributed by atoms with Crippen LogP contribution in [0, 0.1) is 5.92 Å². The molecule has 0 radical (unpaired) electrons. The summed E-state index contributed by atoms with van der Waals surface area (Å²) in [7, 11) is 0. The van der Waals surface area contributed by atoms with Crippen LogP contribution in [0.3, 0.4) is 0 Å². The van der Waals surface area contributed by atoms with Gasteiger partial charge in [0.1, 0.15) is 0 Å². The Balaban J connectivity index is 1.68. The van der Waals surface area contributed by atoms with Crippen molar-refractivity contribution in [2.24, 2.45) is 5.92 Å². The number of halogens is 4. The number of hydrogen-bond acceptors (Lipinski definition) is 2. The summed E-state index contributed by atoms with van der Waals surface area (Å²) in [6.45, 7) is 0.345. The third kappa shape index (κ3) is 3.99. The van der Waals surface area contributed by atoms with Crippen LogP contribution in [0.1, 0.15) is 37.7 Å². The molecule has 1 heterocycles. The second kappa shape index (κ2) is 6.97. The quantitative estimate of drug-likeness (QED) is 0.799. The number of hydrogen-bond donors (Lipinski definition) is 1. The first-order valence-electron chi connectivity index (χ1n) is 8.23. The standard InChI is InChI=1S/C17H18BrF3N2O2/c18-14-6-5-11(8-13(14)17(19,20)21)22-16(25)10-7-15(24)23(9-10)12-3-1-2-4-12/h5-6,8,10,12H,1-4,7,9H2,(H,22,25). The van der Waals surface area contributed by atoms with Gasteiger partial charge in [-0.1, -0.05) is 28.8 Å². The van der Waals surface area contributed by atoms with E-state index in [0.717, 1.165) is 31.7 Å². The van der Waals surface area contributed by atoms with Crippen LogP contribution in [0.2, 0.25) is 0 Å². The Morgan fingerprint density at radius 1 is 1.24 bits per heavy atom. The number of likely N-dealkylation sites (tertiary alicyclic amines) is 1. The van der Waals surface area contributed by atoms with Crippen molar-refractivity contribution in [2.45, 2.75) is 44.3 Å². The van der Waals surface area contributed by atoms with Crippen molar-refractivity contribution in [3.8, 4) is 0 Å². The summed E-state index contributed by atoms with van der Waals surface area (Å²) in [6, 6.07) is 3.76. The maximum atomic E-state index is 12.9. The van der Waals surface area contributed by atoms with Crippen molar-refractivity contribution >= 4 is 33.4 Å². The molecule has 1 aromatic rings. The van der Waals surface area contributed by atoms with Crippen LogP contribution >= 0.6 is 15.9 Å². The van der Waals surface area contributed by atoms with Gasteiger partial charge in [0.15, 0.2) is 0 Å². The Hall–Kier alpha value is -1.57. The zero-order chi connectivity index (χ0) is 18.2. The van der Waals surface area contributed by atoms with Gasteiger partial charge in [-0.15, -0.1) is 0 Å². The van der Waals surface area contributed by atoms with E-state index >= 15 is 0 Å². The summed E-state index contributed by atoms with van der Waals surface area (Å²) in [5.41, 5.74) is -0.771. The zero-order valence-electron chi connectivity index (χ0n) is 13.4. The molecule has 2 aliphatic rings. The molecule has 0 bridgehead atoms. The molecule has 1 atom stereocenters.